The minimum absolute atomic E-state index is 0.231. The van der Waals surface area contributed by atoms with Crippen LogP contribution < -0.4 is 10.2 Å². The zero-order chi connectivity index (χ0) is 15.1. The molecule has 1 amide bonds. The number of rotatable bonds is 5. The number of amides is 1. The fraction of sp³-hybridized carbons (Fsp3) is 0.125. The van der Waals surface area contributed by atoms with Gasteiger partial charge in [0, 0.05) is 9.13 Å². The summed E-state index contributed by atoms with van der Waals surface area (Å²) in [5.41, 5.74) is 3.95. The quantitative estimate of drug-likeness (QED) is 0.480. The molecular formula is C16H15IN2O2. The molecule has 108 valence electrons. The summed E-state index contributed by atoms with van der Waals surface area (Å²) >= 11 is 2.12. The Morgan fingerprint density at radius 1 is 1.24 bits per heavy atom. The standard InChI is InChI=1S/C16H15IN2O2/c1-2-21-15-10-6-3-7-12(15)11-18-19-16(20)13-8-4-5-9-14(13)17/h3-11H,2H2,1H3,(H,19,20). The van der Waals surface area contributed by atoms with E-state index in [4.69, 9.17) is 4.74 Å². The molecule has 0 aliphatic rings. The molecule has 0 heterocycles. The molecular weight excluding hydrogens is 379 g/mol. The third-order valence-electron chi connectivity index (χ3n) is 2.71. The van der Waals surface area contributed by atoms with Gasteiger partial charge < -0.3 is 4.74 Å². The van der Waals surface area contributed by atoms with Crippen LogP contribution in [0.15, 0.2) is 53.6 Å². The van der Waals surface area contributed by atoms with E-state index in [2.05, 4.69) is 33.1 Å². The van der Waals surface area contributed by atoms with Crippen LogP contribution in [-0.4, -0.2) is 18.7 Å². The highest BCUT2D eigenvalue weighted by Gasteiger charge is 2.07. The molecule has 0 aliphatic carbocycles. The molecule has 2 aromatic rings. The number of carbonyl (C=O) groups is 1. The first-order valence-electron chi connectivity index (χ1n) is 6.52. The molecule has 0 radical (unpaired) electrons. The minimum atomic E-state index is -0.231. The third-order valence-corrected chi connectivity index (χ3v) is 3.65. The molecule has 0 aromatic heterocycles. The molecule has 0 aliphatic heterocycles. The van der Waals surface area contributed by atoms with Crippen LogP contribution >= 0.6 is 22.6 Å². The number of nitrogens with one attached hydrogen (secondary N) is 1. The largest absolute Gasteiger partial charge is 0.493 e. The molecule has 2 aromatic carbocycles. The van der Waals surface area contributed by atoms with Crippen molar-refractivity contribution in [3.8, 4) is 5.75 Å². The molecule has 0 bridgehead atoms. The second-order valence-corrected chi connectivity index (χ2v) is 5.31. The molecule has 5 heteroatoms. The normalized spacial score (nSPS) is 10.6. The van der Waals surface area contributed by atoms with Gasteiger partial charge in [0.25, 0.3) is 5.91 Å². The SMILES string of the molecule is CCOc1ccccc1C=NNC(=O)c1ccccc1I. The molecule has 0 fully saturated rings. The van der Waals surface area contributed by atoms with Crippen LogP contribution in [0.25, 0.3) is 0 Å². The van der Waals surface area contributed by atoms with Crippen LogP contribution in [0.3, 0.4) is 0 Å². The second kappa shape index (κ2) is 7.78. The average molecular weight is 394 g/mol. The Morgan fingerprint density at radius 2 is 1.95 bits per heavy atom. The highest BCUT2D eigenvalue weighted by atomic mass is 127. The Kier molecular flexibility index (Phi) is 5.74. The van der Waals surface area contributed by atoms with Gasteiger partial charge in [-0.3, -0.25) is 4.79 Å². The van der Waals surface area contributed by atoms with Crippen LogP contribution in [0.1, 0.15) is 22.8 Å². The molecule has 4 nitrogen and oxygen atoms in total. The van der Waals surface area contributed by atoms with E-state index in [1.807, 2.05) is 49.4 Å². The lowest BCUT2D eigenvalue weighted by Gasteiger charge is -2.06. The van der Waals surface area contributed by atoms with Gasteiger partial charge in [-0.1, -0.05) is 24.3 Å². The van der Waals surface area contributed by atoms with E-state index in [-0.39, 0.29) is 5.91 Å². The first kappa shape index (κ1) is 15.5. The maximum absolute atomic E-state index is 12.0. The van der Waals surface area contributed by atoms with Gasteiger partial charge in [-0.25, -0.2) is 5.43 Å². The molecule has 0 saturated carbocycles. The lowest BCUT2D eigenvalue weighted by Crippen LogP contribution is -2.18. The summed E-state index contributed by atoms with van der Waals surface area (Å²) in [6, 6.07) is 14.9. The lowest BCUT2D eigenvalue weighted by atomic mass is 10.2. The van der Waals surface area contributed by atoms with Gasteiger partial charge in [0.2, 0.25) is 0 Å². The summed E-state index contributed by atoms with van der Waals surface area (Å²) in [4.78, 5) is 12.0. The highest BCUT2D eigenvalue weighted by Crippen LogP contribution is 2.15. The van der Waals surface area contributed by atoms with Gasteiger partial charge in [-0.2, -0.15) is 5.10 Å². The predicted octanol–water partition coefficient (Wildman–Crippen LogP) is 3.45. The number of para-hydroxylation sites is 1. The third kappa shape index (κ3) is 4.29. The topological polar surface area (TPSA) is 50.7 Å². The first-order chi connectivity index (χ1) is 10.2. The molecule has 0 spiro atoms. The number of halogens is 1. The van der Waals surface area contributed by atoms with Crippen LogP contribution in [0.2, 0.25) is 0 Å². The number of ether oxygens (including phenoxy) is 1. The Labute approximate surface area is 137 Å². The Bertz CT molecular complexity index is 656. The van der Waals surface area contributed by atoms with Gasteiger partial charge in [-0.05, 0) is 53.8 Å². The molecule has 0 atom stereocenters. The Morgan fingerprint density at radius 3 is 2.71 bits per heavy atom. The van der Waals surface area contributed by atoms with E-state index >= 15 is 0 Å². The van der Waals surface area contributed by atoms with Crippen molar-refractivity contribution in [2.75, 3.05) is 6.61 Å². The fourth-order valence-corrected chi connectivity index (χ4v) is 2.37. The number of benzene rings is 2. The fourth-order valence-electron chi connectivity index (χ4n) is 1.74. The van der Waals surface area contributed by atoms with Gasteiger partial charge in [-0.15, -0.1) is 0 Å². The van der Waals surface area contributed by atoms with Crippen LogP contribution in [0, 0.1) is 3.57 Å². The minimum Gasteiger partial charge on any atom is -0.493 e. The van der Waals surface area contributed by atoms with E-state index in [1.165, 1.54) is 0 Å². The monoisotopic (exact) mass is 394 g/mol. The van der Waals surface area contributed by atoms with Gasteiger partial charge >= 0.3 is 0 Å². The van der Waals surface area contributed by atoms with E-state index in [0.29, 0.717) is 12.2 Å². The number of hydrazone groups is 1. The second-order valence-electron chi connectivity index (χ2n) is 4.15. The summed E-state index contributed by atoms with van der Waals surface area (Å²) in [6.07, 6.45) is 1.58. The van der Waals surface area contributed by atoms with E-state index in [1.54, 1.807) is 12.3 Å². The first-order valence-corrected chi connectivity index (χ1v) is 7.60. The van der Waals surface area contributed by atoms with Crippen molar-refractivity contribution in [3.63, 3.8) is 0 Å². The van der Waals surface area contributed by atoms with Crippen molar-refractivity contribution in [2.24, 2.45) is 5.10 Å². The number of nitrogens with zero attached hydrogens (tertiary/aromatic N) is 1. The van der Waals surface area contributed by atoms with Crippen LogP contribution in [0.5, 0.6) is 5.75 Å². The molecule has 2 rings (SSSR count). The van der Waals surface area contributed by atoms with Crippen molar-refractivity contribution in [1.29, 1.82) is 0 Å². The molecule has 1 N–H and O–H groups in total. The summed E-state index contributed by atoms with van der Waals surface area (Å²) in [7, 11) is 0. The number of hydrogen-bond donors (Lipinski definition) is 1. The average Bonchev–Trinajstić information content (AvgIpc) is 2.49. The van der Waals surface area contributed by atoms with E-state index in [9.17, 15) is 4.79 Å². The lowest BCUT2D eigenvalue weighted by molar-refractivity contribution is 0.0954. The van der Waals surface area contributed by atoms with Gasteiger partial charge in [0.1, 0.15) is 5.75 Å². The van der Waals surface area contributed by atoms with Crippen molar-refractivity contribution in [1.82, 2.24) is 5.43 Å². The zero-order valence-corrected chi connectivity index (χ0v) is 13.7. The highest BCUT2D eigenvalue weighted by molar-refractivity contribution is 14.1. The smallest absolute Gasteiger partial charge is 0.272 e. The number of hydrogen-bond acceptors (Lipinski definition) is 3. The maximum Gasteiger partial charge on any atom is 0.272 e. The number of carbonyl (C=O) groups excluding carboxylic acids is 1. The van der Waals surface area contributed by atoms with Gasteiger partial charge in [0.05, 0.1) is 18.4 Å². The predicted molar refractivity (Wildman–Crippen MR) is 91.8 cm³/mol. The zero-order valence-electron chi connectivity index (χ0n) is 11.5. The molecule has 21 heavy (non-hydrogen) atoms. The Hall–Kier alpha value is -1.89. The summed E-state index contributed by atoms with van der Waals surface area (Å²) in [6.45, 7) is 2.51. The molecule has 0 saturated heterocycles. The summed E-state index contributed by atoms with van der Waals surface area (Å²) in [5, 5.41) is 3.99. The van der Waals surface area contributed by atoms with Crippen molar-refractivity contribution in [2.45, 2.75) is 6.92 Å². The van der Waals surface area contributed by atoms with Gasteiger partial charge in [0.15, 0.2) is 0 Å². The van der Waals surface area contributed by atoms with E-state index in [0.717, 1.165) is 14.9 Å². The molecule has 0 unspecified atom stereocenters. The van der Waals surface area contributed by atoms with Crippen molar-refractivity contribution in [3.05, 3.63) is 63.2 Å². The van der Waals surface area contributed by atoms with Crippen LogP contribution in [0.4, 0.5) is 0 Å². The summed E-state index contributed by atoms with van der Waals surface area (Å²) in [5.74, 6) is 0.512. The summed E-state index contributed by atoms with van der Waals surface area (Å²) < 4.78 is 6.38. The Balaban J connectivity index is 2.06. The van der Waals surface area contributed by atoms with Crippen molar-refractivity contribution >= 4 is 34.7 Å². The van der Waals surface area contributed by atoms with E-state index < -0.39 is 0 Å². The van der Waals surface area contributed by atoms with Crippen molar-refractivity contribution < 1.29 is 9.53 Å². The maximum atomic E-state index is 12.0. The van der Waals surface area contributed by atoms with Crippen LogP contribution in [-0.2, 0) is 0 Å².